The van der Waals surface area contributed by atoms with Gasteiger partial charge in [0.25, 0.3) is 0 Å². The fraction of sp³-hybridized carbons (Fsp3) is 0.364. The molecule has 0 aromatic rings. The third-order valence-electron chi connectivity index (χ3n) is 1.61. The summed E-state index contributed by atoms with van der Waals surface area (Å²) in [7, 11) is 4.65. The van der Waals surface area contributed by atoms with Crippen LogP contribution >= 0.6 is 0 Å². The predicted octanol–water partition coefficient (Wildman–Crippen LogP) is 0.644. The number of hydrogen-bond donors (Lipinski definition) is 0. The van der Waals surface area contributed by atoms with Crippen molar-refractivity contribution in [2.75, 3.05) is 21.2 Å². The SMILES string of the molecule is COC(=O)C(=CC(C#N)=CN(C)C)C(C)=O. The van der Waals surface area contributed by atoms with Crippen LogP contribution in [0.25, 0.3) is 0 Å². The molecule has 0 aliphatic heterocycles. The Labute approximate surface area is 94.6 Å². The first-order valence-corrected chi connectivity index (χ1v) is 4.51. The number of Topliss-reactive ketones (excluding diaryl/α,β-unsaturated/α-hetero) is 1. The zero-order chi connectivity index (χ0) is 12.7. The van der Waals surface area contributed by atoms with Crippen LogP contribution in [0.15, 0.2) is 23.4 Å². The Morgan fingerprint density at radius 2 is 1.94 bits per heavy atom. The van der Waals surface area contributed by atoms with E-state index >= 15 is 0 Å². The quantitative estimate of drug-likeness (QED) is 0.174. The van der Waals surface area contributed by atoms with Crippen LogP contribution < -0.4 is 0 Å². The van der Waals surface area contributed by atoms with E-state index in [-0.39, 0.29) is 11.1 Å². The van der Waals surface area contributed by atoms with Crippen LogP contribution in [0.3, 0.4) is 0 Å². The molecule has 5 nitrogen and oxygen atoms in total. The van der Waals surface area contributed by atoms with Gasteiger partial charge in [0.15, 0.2) is 5.78 Å². The third kappa shape index (κ3) is 4.42. The van der Waals surface area contributed by atoms with Crippen molar-refractivity contribution < 1.29 is 14.3 Å². The van der Waals surface area contributed by atoms with Crippen LogP contribution in [-0.2, 0) is 14.3 Å². The van der Waals surface area contributed by atoms with Gasteiger partial charge >= 0.3 is 5.97 Å². The number of hydrogen-bond acceptors (Lipinski definition) is 5. The van der Waals surface area contributed by atoms with Crippen molar-refractivity contribution in [3.8, 4) is 6.07 Å². The van der Waals surface area contributed by atoms with Crippen molar-refractivity contribution in [1.29, 1.82) is 5.26 Å². The Hall–Kier alpha value is -2.09. The first-order chi connectivity index (χ1) is 7.42. The van der Waals surface area contributed by atoms with E-state index in [1.807, 2.05) is 6.07 Å². The number of carbonyl (C=O) groups excluding carboxylic acids is 2. The molecule has 0 spiro atoms. The minimum Gasteiger partial charge on any atom is -0.465 e. The van der Waals surface area contributed by atoms with E-state index < -0.39 is 11.8 Å². The van der Waals surface area contributed by atoms with Gasteiger partial charge in [-0.25, -0.2) is 4.79 Å². The zero-order valence-electron chi connectivity index (χ0n) is 9.77. The summed E-state index contributed by atoms with van der Waals surface area (Å²) in [5, 5.41) is 8.81. The number of nitrogens with zero attached hydrogens (tertiary/aromatic N) is 2. The van der Waals surface area contributed by atoms with E-state index in [0.717, 1.165) is 0 Å². The smallest absolute Gasteiger partial charge is 0.341 e. The first-order valence-electron chi connectivity index (χ1n) is 4.51. The van der Waals surface area contributed by atoms with Gasteiger partial charge in [-0.2, -0.15) is 5.26 Å². The number of carbonyl (C=O) groups is 2. The van der Waals surface area contributed by atoms with Crippen LogP contribution in [0.4, 0.5) is 0 Å². The van der Waals surface area contributed by atoms with Gasteiger partial charge in [-0.1, -0.05) is 0 Å². The summed E-state index contributed by atoms with van der Waals surface area (Å²) in [6.07, 6.45) is 2.72. The fourth-order valence-electron chi connectivity index (χ4n) is 0.946. The van der Waals surface area contributed by atoms with E-state index in [2.05, 4.69) is 4.74 Å². The molecule has 0 amide bonds. The highest BCUT2D eigenvalue weighted by Gasteiger charge is 2.15. The van der Waals surface area contributed by atoms with Crippen molar-refractivity contribution in [3.63, 3.8) is 0 Å². The standard InChI is InChI=1S/C11H14N2O3/c1-8(14)10(11(15)16-4)5-9(6-12)7-13(2)3/h5,7H,1-4H3. The van der Waals surface area contributed by atoms with Crippen LogP contribution in [0.1, 0.15) is 6.92 Å². The summed E-state index contributed by atoms with van der Waals surface area (Å²) in [5.41, 5.74) is 0.0674. The van der Waals surface area contributed by atoms with Gasteiger partial charge in [-0.3, -0.25) is 4.79 Å². The van der Waals surface area contributed by atoms with Crippen molar-refractivity contribution in [1.82, 2.24) is 4.90 Å². The van der Waals surface area contributed by atoms with E-state index in [1.165, 1.54) is 26.3 Å². The van der Waals surface area contributed by atoms with Gasteiger partial charge in [0.2, 0.25) is 0 Å². The Kier molecular flexibility index (Phi) is 5.57. The minimum absolute atomic E-state index is 0.142. The summed E-state index contributed by atoms with van der Waals surface area (Å²) < 4.78 is 4.45. The molecule has 0 radical (unpaired) electrons. The molecule has 0 atom stereocenters. The molecule has 0 aromatic carbocycles. The zero-order valence-corrected chi connectivity index (χ0v) is 9.77. The molecular formula is C11H14N2O3. The number of rotatable bonds is 4. The average Bonchev–Trinajstić information content (AvgIpc) is 2.21. The number of ether oxygens (including phenoxy) is 1. The van der Waals surface area contributed by atoms with Gasteiger partial charge < -0.3 is 9.64 Å². The lowest BCUT2D eigenvalue weighted by Gasteiger charge is -2.05. The molecule has 0 rings (SSSR count). The number of allylic oxidation sites excluding steroid dienone is 2. The van der Waals surface area contributed by atoms with Crippen LogP contribution in [-0.4, -0.2) is 37.9 Å². The monoisotopic (exact) mass is 222 g/mol. The highest BCUT2D eigenvalue weighted by molar-refractivity contribution is 6.16. The first kappa shape index (κ1) is 13.9. The van der Waals surface area contributed by atoms with Gasteiger partial charge in [0.1, 0.15) is 11.6 Å². The summed E-state index contributed by atoms with van der Waals surface area (Å²) in [6.45, 7) is 1.24. The summed E-state index contributed by atoms with van der Waals surface area (Å²) in [5.74, 6) is -1.18. The lowest BCUT2D eigenvalue weighted by molar-refractivity contribution is -0.137. The molecule has 0 fully saturated rings. The molecule has 0 aliphatic rings. The molecule has 5 heteroatoms. The molecule has 0 aliphatic carbocycles. The molecule has 0 saturated heterocycles. The topological polar surface area (TPSA) is 70.4 Å². The van der Waals surface area contributed by atoms with E-state index in [1.54, 1.807) is 19.0 Å². The van der Waals surface area contributed by atoms with Gasteiger partial charge in [-0.05, 0) is 13.0 Å². The van der Waals surface area contributed by atoms with Crippen LogP contribution in [0, 0.1) is 11.3 Å². The number of esters is 1. The van der Waals surface area contributed by atoms with E-state index in [4.69, 9.17) is 5.26 Å². The van der Waals surface area contributed by atoms with E-state index in [9.17, 15) is 9.59 Å². The van der Waals surface area contributed by atoms with Crippen LogP contribution in [0.5, 0.6) is 0 Å². The summed E-state index contributed by atoms with van der Waals surface area (Å²) in [6, 6.07) is 1.88. The predicted molar refractivity (Wildman–Crippen MR) is 58.2 cm³/mol. The molecular weight excluding hydrogens is 208 g/mol. The second kappa shape index (κ2) is 6.40. The summed E-state index contributed by atoms with van der Waals surface area (Å²) >= 11 is 0. The molecule has 0 saturated carbocycles. The fourth-order valence-corrected chi connectivity index (χ4v) is 0.946. The molecule has 0 aromatic heterocycles. The average molecular weight is 222 g/mol. The normalized spacial score (nSPS) is 11.7. The Bertz CT molecular complexity index is 387. The minimum atomic E-state index is -0.743. The van der Waals surface area contributed by atoms with Crippen molar-refractivity contribution in [2.24, 2.45) is 0 Å². The highest BCUT2D eigenvalue weighted by atomic mass is 16.5. The molecule has 86 valence electrons. The Morgan fingerprint density at radius 3 is 2.25 bits per heavy atom. The maximum Gasteiger partial charge on any atom is 0.341 e. The Morgan fingerprint density at radius 1 is 1.38 bits per heavy atom. The van der Waals surface area contributed by atoms with Crippen molar-refractivity contribution in [3.05, 3.63) is 23.4 Å². The molecule has 0 N–H and O–H groups in total. The molecule has 0 heterocycles. The van der Waals surface area contributed by atoms with Gasteiger partial charge in [0, 0.05) is 20.3 Å². The lowest BCUT2D eigenvalue weighted by Crippen LogP contribution is -2.12. The van der Waals surface area contributed by atoms with Gasteiger partial charge in [0.05, 0.1) is 12.7 Å². The second-order valence-electron chi connectivity index (χ2n) is 3.27. The van der Waals surface area contributed by atoms with Crippen molar-refractivity contribution in [2.45, 2.75) is 6.92 Å². The largest absolute Gasteiger partial charge is 0.465 e. The third-order valence-corrected chi connectivity index (χ3v) is 1.61. The number of nitriles is 1. The highest BCUT2D eigenvalue weighted by Crippen LogP contribution is 2.06. The summed E-state index contributed by atoms with van der Waals surface area (Å²) in [4.78, 5) is 24.0. The maximum absolute atomic E-state index is 11.2. The van der Waals surface area contributed by atoms with Crippen molar-refractivity contribution >= 4 is 11.8 Å². The maximum atomic E-state index is 11.2. The molecule has 16 heavy (non-hydrogen) atoms. The van der Waals surface area contributed by atoms with E-state index in [0.29, 0.717) is 0 Å². The number of methoxy groups -OCH3 is 1. The molecule has 0 bridgehead atoms. The number of ketones is 1. The molecule has 0 unspecified atom stereocenters. The lowest BCUT2D eigenvalue weighted by atomic mass is 10.1. The van der Waals surface area contributed by atoms with Gasteiger partial charge in [-0.15, -0.1) is 0 Å². The second-order valence-corrected chi connectivity index (χ2v) is 3.27. The van der Waals surface area contributed by atoms with Crippen LogP contribution in [0.2, 0.25) is 0 Å². The Balaban J connectivity index is 5.29.